The van der Waals surface area contributed by atoms with Crippen molar-refractivity contribution in [2.45, 2.75) is 25.0 Å². The molecular weight excluding hydrogens is 248 g/mol. The molecule has 2 N–H and O–H groups in total. The molecule has 0 fully saturated rings. The van der Waals surface area contributed by atoms with Gasteiger partial charge in [0.15, 0.2) is 15.1 Å². The molecule has 1 atom stereocenters. The lowest BCUT2D eigenvalue weighted by atomic mass is 10.3. The molecule has 0 spiro atoms. The average molecular weight is 262 g/mol. The minimum atomic E-state index is -4.00. The van der Waals surface area contributed by atoms with Gasteiger partial charge in [-0.15, -0.1) is 0 Å². The Morgan fingerprint density at radius 1 is 1.47 bits per heavy atom. The summed E-state index contributed by atoms with van der Waals surface area (Å²) in [6.07, 6.45) is -0.0228. The van der Waals surface area contributed by atoms with E-state index in [1.807, 2.05) is 0 Å². The van der Waals surface area contributed by atoms with Gasteiger partial charge in [-0.3, -0.25) is 9.59 Å². The molecule has 0 radical (unpaired) electrons. The number of carbonyl (C=O) groups is 2. The van der Waals surface area contributed by atoms with Gasteiger partial charge in [0.25, 0.3) is 0 Å². The van der Waals surface area contributed by atoms with Crippen LogP contribution in [0.4, 0.5) is 0 Å². The van der Waals surface area contributed by atoms with Gasteiger partial charge in [-0.1, -0.05) is 6.92 Å². The first kappa shape index (κ1) is 15.4. The van der Waals surface area contributed by atoms with Crippen LogP contribution in [0.3, 0.4) is 0 Å². The Kier molecular flexibility index (Phi) is 6.20. The molecule has 1 amide bonds. The van der Waals surface area contributed by atoms with Gasteiger partial charge >= 0.3 is 5.97 Å². The van der Waals surface area contributed by atoms with Crippen LogP contribution in [0.15, 0.2) is 0 Å². The predicted octanol–water partition coefficient (Wildman–Crippen LogP) is -0.706. The molecule has 0 aliphatic heterocycles. The highest BCUT2D eigenvalue weighted by Gasteiger charge is 2.32. The fourth-order valence-corrected chi connectivity index (χ4v) is 2.66. The molecule has 0 bridgehead atoms. The highest BCUT2D eigenvalue weighted by Crippen LogP contribution is 2.07. The van der Waals surface area contributed by atoms with Gasteiger partial charge in [-0.2, -0.15) is 5.26 Å². The van der Waals surface area contributed by atoms with Crippen LogP contribution in [-0.4, -0.2) is 42.9 Å². The van der Waals surface area contributed by atoms with Crippen molar-refractivity contribution in [2.24, 2.45) is 0 Å². The molecule has 0 aliphatic rings. The highest BCUT2D eigenvalue weighted by molar-refractivity contribution is 7.93. The van der Waals surface area contributed by atoms with E-state index in [1.165, 1.54) is 6.92 Å². The zero-order chi connectivity index (χ0) is 13.5. The third kappa shape index (κ3) is 5.31. The van der Waals surface area contributed by atoms with E-state index in [0.717, 1.165) is 0 Å². The van der Waals surface area contributed by atoms with Gasteiger partial charge in [0.2, 0.25) is 5.91 Å². The van der Waals surface area contributed by atoms with Gasteiger partial charge < -0.3 is 10.4 Å². The largest absolute Gasteiger partial charge is 0.480 e. The first-order chi connectivity index (χ1) is 7.85. The number of aliphatic carboxylic acids is 1. The Morgan fingerprint density at radius 3 is 2.47 bits per heavy atom. The lowest BCUT2D eigenvalue weighted by molar-refractivity contribution is -0.136. The summed E-state index contributed by atoms with van der Waals surface area (Å²) < 4.78 is 23.1. The molecule has 0 aromatic rings. The summed E-state index contributed by atoms with van der Waals surface area (Å²) in [5.74, 6) is -3.12. The summed E-state index contributed by atoms with van der Waals surface area (Å²) in [6, 6.07) is 1.78. The number of hydrogen-bond acceptors (Lipinski definition) is 5. The molecule has 0 aromatic heterocycles. The summed E-state index contributed by atoms with van der Waals surface area (Å²) in [4.78, 5) is 21.8. The van der Waals surface area contributed by atoms with Crippen molar-refractivity contribution in [3.63, 3.8) is 0 Å². The number of nitrogens with one attached hydrogen (secondary N) is 1. The van der Waals surface area contributed by atoms with E-state index < -0.39 is 32.7 Å². The van der Waals surface area contributed by atoms with E-state index in [0.29, 0.717) is 0 Å². The standard InChI is InChI=1S/C9H14N2O5S/c1-2-7(9(13)14)17(15,16)6-8(12)11-5-3-4-10/h7H,2-3,5-6H2,1H3,(H,11,12)(H,13,14). The molecule has 8 heteroatoms. The Morgan fingerprint density at radius 2 is 2.06 bits per heavy atom. The molecule has 0 heterocycles. The van der Waals surface area contributed by atoms with Crippen molar-refractivity contribution in [3.05, 3.63) is 0 Å². The zero-order valence-corrected chi connectivity index (χ0v) is 10.2. The number of amides is 1. The molecule has 1 unspecified atom stereocenters. The topological polar surface area (TPSA) is 124 Å². The number of hydrogen-bond donors (Lipinski definition) is 2. The van der Waals surface area contributed by atoms with Gasteiger partial charge in [-0.05, 0) is 6.42 Å². The summed E-state index contributed by atoms with van der Waals surface area (Å²) in [6.45, 7) is 1.47. The lowest BCUT2D eigenvalue weighted by Crippen LogP contribution is -2.38. The maximum absolute atomic E-state index is 11.5. The Bertz CT molecular complexity index is 423. The maximum atomic E-state index is 11.5. The second-order valence-corrected chi connectivity index (χ2v) is 5.48. The number of nitrogens with zero attached hydrogens (tertiary/aromatic N) is 1. The molecule has 0 saturated heterocycles. The van der Waals surface area contributed by atoms with E-state index in [1.54, 1.807) is 6.07 Å². The van der Waals surface area contributed by atoms with Crippen LogP contribution >= 0.6 is 0 Å². The van der Waals surface area contributed by atoms with Gasteiger partial charge in [0.1, 0.15) is 5.75 Å². The Balaban J connectivity index is 4.50. The fraction of sp³-hybridized carbons (Fsp3) is 0.667. The Hall–Kier alpha value is -1.62. The van der Waals surface area contributed by atoms with E-state index in [4.69, 9.17) is 10.4 Å². The van der Waals surface area contributed by atoms with E-state index in [-0.39, 0.29) is 19.4 Å². The SMILES string of the molecule is CCC(C(=O)O)S(=O)(=O)CC(=O)NCCC#N. The number of carbonyl (C=O) groups excluding carboxylic acids is 1. The molecule has 0 saturated carbocycles. The van der Waals surface area contributed by atoms with Crippen molar-refractivity contribution >= 4 is 21.7 Å². The second-order valence-electron chi connectivity index (χ2n) is 3.30. The van der Waals surface area contributed by atoms with Gasteiger partial charge in [-0.25, -0.2) is 8.42 Å². The molecule has 0 aromatic carbocycles. The van der Waals surface area contributed by atoms with Gasteiger partial charge in [0, 0.05) is 6.54 Å². The van der Waals surface area contributed by atoms with Crippen molar-refractivity contribution in [1.82, 2.24) is 5.32 Å². The van der Waals surface area contributed by atoms with Crippen molar-refractivity contribution in [2.75, 3.05) is 12.3 Å². The minimum absolute atomic E-state index is 0.0503. The van der Waals surface area contributed by atoms with Crippen molar-refractivity contribution in [1.29, 1.82) is 5.26 Å². The maximum Gasteiger partial charge on any atom is 0.321 e. The van der Waals surface area contributed by atoms with Crippen LogP contribution in [0.25, 0.3) is 0 Å². The average Bonchev–Trinajstić information content (AvgIpc) is 2.16. The third-order valence-corrected chi connectivity index (χ3v) is 4.04. The fourth-order valence-electron chi connectivity index (χ4n) is 1.17. The molecule has 7 nitrogen and oxygen atoms in total. The molecule has 96 valence electrons. The van der Waals surface area contributed by atoms with Crippen LogP contribution in [0.1, 0.15) is 19.8 Å². The minimum Gasteiger partial charge on any atom is -0.480 e. The second kappa shape index (κ2) is 6.85. The van der Waals surface area contributed by atoms with Crippen LogP contribution < -0.4 is 5.32 Å². The summed E-state index contributed by atoms with van der Waals surface area (Å²) >= 11 is 0. The molecular formula is C9H14N2O5S. The first-order valence-electron chi connectivity index (χ1n) is 4.93. The number of rotatable bonds is 7. The summed E-state index contributed by atoms with van der Waals surface area (Å²) in [5.41, 5.74) is 0. The third-order valence-electron chi connectivity index (χ3n) is 1.97. The number of sulfone groups is 1. The van der Waals surface area contributed by atoms with E-state index >= 15 is 0 Å². The van der Waals surface area contributed by atoms with Crippen molar-refractivity contribution in [3.8, 4) is 6.07 Å². The first-order valence-corrected chi connectivity index (χ1v) is 6.64. The Labute approximate surface area is 99.3 Å². The quantitative estimate of drug-likeness (QED) is 0.584. The van der Waals surface area contributed by atoms with Crippen LogP contribution in [0, 0.1) is 11.3 Å². The zero-order valence-electron chi connectivity index (χ0n) is 9.34. The molecule has 0 rings (SSSR count). The summed E-state index contributed by atoms with van der Waals surface area (Å²) in [7, 11) is -4.00. The van der Waals surface area contributed by atoms with Crippen LogP contribution in [-0.2, 0) is 19.4 Å². The molecule has 17 heavy (non-hydrogen) atoms. The van der Waals surface area contributed by atoms with Crippen LogP contribution in [0.5, 0.6) is 0 Å². The predicted molar refractivity (Wildman–Crippen MR) is 58.7 cm³/mol. The normalized spacial score (nSPS) is 12.5. The number of carboxylic acids is 1. The van der Waals surface area contributed by atoms with Gasteiger partial charge in [0.05, 0.1) is 12.5 Å². The summed E-state index contributed by atoms with van der Waals surface area (Å²) in [5, 5.41) is 17.6. The van der Waals surface area contributed by atoms with Crippen LogP contribution in [0.2, 0.25) is 0 Å². The lowest BCUT2D eigenvalue weighted by Gasteiger charge is -2.10. The number of nitriles is 1. The monoisotopic (exact) mass is 262 g/mol. The van der Waals surface area contributed by atoms with E-state index in [9.17, 15) is 18.0 Å². The highest BCUT2D eigenvalue weighted by atomic mass is 32.2. The van der Waals surface area contributed by atoms with E-state index in [2.05, 4.69) is 5.32 Å². The number of carboxylic acid groups (broad SMARTS) is 1. The smallest absolute Gasteiger partial charge is 0.321 e. The van der Waals surface area contributed by atoms with Crippen molar-refractivity contribution < 1.29 is 23.1 Å². The molecule has 0 aliphatic carbocycles.